The van der Waals surface area contributed by atoms with E-state index >= 15 is 0 Å². The predicted octanol–water partition coefficient (Wildman–Crippen LogP) is 3.14. The first-order chi connectivity index (χ1) is 7.16. The van der Waals surface area contributed by atoms with E-state index in [4.69, 9.17) is 4.74 Å². The maximum atomic E-state index is 11.4. The van der Waals surface area contributed by atoms with Crippen molar-refractivity contribution in [2.24, 2.45) is 0 Å². The van der Waals surface area contributed by atoms with Crippen LogP contribution in [0.25, 0.3) is 0 Å². The second kappa shape index (κ2) is 4.68. The number of hydrogen-bond donors (Lipinski definition) is 0. The first kappa shape index (κ1) is 11.2. The molecule has 0 atom stereocenters. The second-order valence-electron chi connectivity index (χ2n) is 3.47. The smallest absolute Gasteiger partial charge is 0.160 e. The maximum absolute atomic E-state index is 11.4. The number of carbonyl (C=O) groups excluding carboxylic acids is 1. The minimum absolute atomic E-state index is 0.110. The van der Waals surface area contributed by atoms with Crippen LogP contribution < -0.4 is 0 Å². The molecule has 2 nitrogen and oxygen atoms in total. The zero-order valence-electron chi connectivity index (χ0n) is 8.33. The summed E-state index contributed by atoms with van der Waals surface area (Å²) in [6, 6.07) is 5.84. The molecule has 0 radical (unpaired) electrons. The molecule has 0 spiro atoms. The number of halogens is 1. The lowest BCUT2D eigenvalue weighted by molar-refractivity contribution is 0.0455. The quantitative estimate of drug-likeness (QED) is 0.799. The molecule has 1 aromatic rings. The fourth-order valence-electron chi connectivity index (χ4n) is 1.34. The Morgan fingerprint density at radius 2 is 2.27 bits per heavy atom. The maximum Gasteiger partial charge on any atom is 0.160 e. The topological polar surface area (TPSA) is 26.3 Å². The van der Waals surface area contributed by atoms with Crippen molar-refractivity contribution in [1.82, 2.24) is 0 Å². The summed E-state index contributed by atoms with van der Waals surface area (Å²) in [5, 5.41) is 0.504. The van der Waals surface area contributed by atoms with Crippen LogP contribution in [0.5, 0.6) is 0 Å². The number of ketones is 1. The minimum Gasteiger partial charge on any atom is -0.379 e. The zero-order chi connectivity index (χ0) is 10.8. The lowest BCUT2D eigenvalue weighted by Crippen LogP contribution is -2.30. The fraction of sp³-hybridized carbons (Fsp3) is 0.364. The van der Waals surface area contributed by atoms with E-state index in [0.717, 1.165) is 28.1 Å². The number of rotatable bonds is 3. The fourth-order valence-corrected chi connectivity index (χ4v) is 2.87. The van der Waals surface area contributed by atoms with Crippen molar-refractivity contribution in [1.29, 1.82) is 0 Å². The van der Waals surface area contributed by atoms with Crippen LogP contribution in [0, 0.1) is 0 Å². The van der Waals surface area contributed by atoms with E-state index in [1.165, 1.54) is 0 Å². The van der Waals surface area contributed by atoms with Crippen LogP contribution in [-0.4, -0.2) is 24.2 Å². The Morgan fingerprint density at radius 1 is 1.53 bits per heavy atom. The number of Topliss-reactive ketones (excluding diaryl/α,β-unsaturated/α-hetero) is 1. The van der Waals surface area contributed by atoms with Crippen LogP contribution in [0.4, 0.5) is 0 Å². The lowest BCUT2D eigenvalue weighted by Gasteiger charge is -2.25. The predicted molar refractivity (Wildman–Crippen MR) is 64.6 cm³/mol. The molecular weight excluding hydrogens is 276 g/mol. The Labute approximate surface area is 102 Å². The van der Waals surface area contributed by atoms with Gasteiger partial charge in [-0.05, 0) is 25.1 Å². The highest BCUT2D eigenvalue weighted by molar-refractivity contribution is 9.10. The molecule has 0 amide bonds. The van der Waals surface area contributed by atoms with Gasteiger partial charge in [0.1, 0.15) is 0 Å². The second-order valence-corrected chi connectivity index (χ2v) is 5.73. The van der Waals surface area contributed by atoms with Crippen LogP contribution in [0.15, 0.2) is 27.6 Å². The third-order valence-corrected chi connectivity index (χ3v) is 3.93. The highest BCUT2D eigenvalue weighted by Crippen LogP contribution is 2.32. The highest BCUT2D eigenvalue weighted by atomic mass is 79.9. The first-order valence-corrected chi connectivity index (χ1v) is 6.39. The molecule has 0 N–H and O–H groups in total. The molecule has 2 rings (SSSR count). The average molecular weight is 287 g/mol. The van der Waals surface area contributed by atoms with E-state index in [1.54, 1.807) is 18.7 Å². The van der Waals surface area contributed by atoms with Crippen molar-refractivity contribution in [3.63, 3.8) is 0 Å². The van der Waals surface area contributed by atoms with Gasteiger partial charge in [-0.15, -0.1) is 11.8 Å². The summed E-state index contributed by atoms with van der Waals surface area (Å²) in [6.45, 7) is 3.18. The summed E-state index contributed by atoms with van der Waals surface area (Å²) < 4.78 is 6.06. The molecule has 0 unspecified atom stereocenters. The van der Waals surface area contributed by atoms with Crippen LogP contribution in [0.1, 0.15) is 17.3 Å². The Hall–Kier alpha value is -0.320. The molecule has 15 heavy (non-hydrogen) atoms. The van der Waals surface area contributed by atoms with Crippen molar-refractivity contribution < 1.29 is 9.53 Å². The van der Waals surface area contributed by atoms with Gasteiger partial charge < -0.3 is 4.74 Å². The summed E-state index contributed by atoms with van der Waals surface area (Å²) in [5.41, 5.74) is 0.793. The molecular formula is C11H11BrO2S. The van der Waals surface area contributed by atoms with E-state index in [2.05, 4.69) is 15.9 Å². The van der Waals surface area contributed by atoms with Crippen molar-refractivity contribution >= 4 is 33.5 Å². The van der Waals surface area contributed by atoms with E-state index < -0.39 is 0 Å². The molecule has 1 saturated heterocycles. The van der Waals surface area contributed by atoms with E-state index in [1.807, 2.05) is 18.2 Å². The van der Waals surface area contributed by atoms with Crippen molar-refractivity contribution in [3.05, 3.63) is 28.2 Å². The Balaban J connectivity index is 2.23. The molecule has 1 aliphatic heterocycles. The standard InChI is InChI=1S/C11H11BrO2S/c1-7(13)10-4-8(12)2-3-11(10)15-9-5-14-6-9/h2-4,9H,5-6H2,1H3. The normalized spacial score (nSPS) is 16.1. The monoisotopic (exact) mass is 286 g/mol. The third kappa shape index (κ3) is 2.62. The van der Waals surface area contributed by atoms with Crippen molar-refractivity contribution in [2.75, 3.05) is 13.2 Å². The number of hydrogen-bond acceptors (Lipinski definition) is 3. The van der Waals surface area contributed by atoms with Gasteiger partial charge in [-0.2, -0.15) is 0 Å². The van der Waals surface area contributed by atoms with Gasteiger partial charge in [0.15, 0.2) is 5.78 Å². The molecule has 1 aromatic carbocycles. The van der Waals surface area contributed by atoms with Crippen molar-refractivity contribution in [2.45, 2.75) is 17.1 Å². The van der Waals surface area contributed by atoms with E-state index in [0.29, 0.717) is 5.25 Å². The number of ether oxygens (including phenoxy) is 1. The summed E-state index contributed by atoms with van der Waals surface area (Å²) in [5.74, 6) is 0.110. The van der Waals surface area contributed by atoms with Gasteiger partial charge in [0.2, 0.25) is 0 Å². The number of benzene rings is 1. The number of carbonyl (C=O) groups is 1. The van der Waals surface area contributed by atoms with Crippen molar-refractivity contribution in [3.8, 4) is 0 Å². The van der Waals surface area contributed by atoms with Gasteiger partial charge in [-0.25, -0.2) is 0 Å². The summed E-state index contributed by atoms with van der Waals surface area (Å²) in [4.78, 5) is 12.5. The van der Waals surface area contributed by atoms with Gasteiger partial charge in [0, 0.05) is 14.9 Å². The highest BCUT2D eigenvalue weighted by Gasteiger charge is 2.21. The number of thioether (sulfide) groups is 1. The van der Waals surface area contributed by atoms with Crippen LogP contribution in [-0.2, 0) is 4.74 Å². The van der Waals surface area contributed by atoms with E-state index in [-0.39, 0.29) is 5.78 Å². The Morgan fingerprint density at radius 3 is 2.80 bits per heavy atom. The molecule has 0 bridgehead atoms. The van der Waals surface area contributed by atoms with Gasteiger partial charge in [0.05, 0.1) is 18.5 Å². The molecule has 1 heterocycles. The summed E-state index contributed by atoms with van der Waals surface area (Å²) >= 11 is 5.10. The average Bonchev–Trinajstić information content (AvgIpc) is 2.12. The molecule has 1 aliphatic rings. The summed E-state index contributed by atoms with van der Waals surface area (Å²) in [7, 11) is 0. The first-order valence-electron chi connectivity index (χ1n) is 4.71. The van der Waals surface area contributed by atoms with Crippen LogP contribution >= 0.6 is 27.7 Å². The molecule has 0 aromatic heterocycles. The van der Waals surface area contributed by atoms with Gasteiger partial charge in [-0.3, -0.25) is 4.79 Å². The van der Waals surface area contributed by atoms with Gasteiger partial charge in [0.25, 0.3) is 0 Å². The van der Waals surface area contributed by atoms with Gasteiger partial charge >= 0.3 is 0 Å². The van der Waals surface area contributed by atoms with E-state index in [9.17, 15) is 4.79 Å². The largest absolute Gasteiger partial charge is 0.379 e. The molecule has 80 valence electrons. The SMILES string of the molecule is CC(=O)c1cc(Br)ccc1SC1COC1. The lowest BCUT2D eigenvalue weighted by atomic mass is 10.1. The van der Waals surface area contributed by atoms with Crippen LogP contribution in [0.3, 0.4) is 0 Å². The van der Waals surface area contributed by atoms with Gasteiger partial charge in [-0.1, -0.05) is 15.9 Å². The minimum atomic E-state index is 0.110. The molecule has 1 fully saturated rings. The Bertz CT molecular complexity index is 388. The molecule has 0 saturated carbocycles. The Kier molecular flexibility index (Phi) is 3.49. The zero-order valence-corrected chi connectivity index (χ0v) is 10.7. The molecule has 0 aliphatic carbocycles. The summed E-state index contributed by atoms with van der Waals surface area (Å²) in [6.07, 6.45) is 0. The third-order valence-electron chi connectivity index (χ3n) is 2.22. The van der Waals surface area contributed by atoms with Crippen LogP contribution in [0.2, 0.25) is 0 Å². The molecule has 4 heteroatoms.